The van der Waals surface area contributed by atoms with Crippen LogP contribution in [0.4, 0.5) is 0 Å². The first-order chi connectivity index (χ1) is 8.86. The van der Waals surface area contributed by atoms with Gasteiger partial charge in [-0.1, -0.05) is 20.8 Å². The first-order valence-electron chi connectivity index (χ1n) is 7.62. The number of amides is 1. The molecule has 0 radical (unpaired) electrons. The van der Waals surface area contributed by atoms with Crippen LogP contribution in [-0.2, 0) is 4.79 Å². The Balaban J connectivity index is 2.09. The van der Waals surface area contributed by atoms with Gasteiger partial charge in [0.2, 0.25) is 5.91 Å². The molecule has 2 rings (SSSR count). The maximum absolute atomic E-state index is 12.1. The third kappa shape index (κ3) is 2.95. The molecule has 0 aromatic heterocycles. The Hall–Kier alpha value is -0.610. The number of carbonyl (C=O) groups excluding carboxylic acids is 1. The van der Waals surface area contributed by atoms with Crippen molar-refractivity contribution in [2.24, 2.45) is 17.1 Å². The van der Waals surface area contributed by atoms with Crippen molar-refractivity contribution in [1.82, 2.24) is 10.2 Å². The van der Waals surface area contributed by atoms with Crippen molar-refractivity contribution >= 4 is 5.91 Å². The van der Waals surface area contributed by atoms with Gasteiger partial charge in [0.1, 0.15) is 5.54 Å². The maximum Gasteiger partial charge on any atom is 0.237 e. The fourth-order valence-corrected chi connectivity index (χ4v) is 3.77. The highest BCUT2D eigenvalue weighted by atomic mass is 16.1. The predicted molar refractivity (Wildman–Crippen MR) is 77.8 cm³/mol. The van der Waals surface area contributed by atoms with E-state index in [1.165, 1.54) is 0 Å². The van der Waals surface area contributed by atoms with E-state index < -0.39 is 0 Å². The molecule has 1 saturated carbocycles. The number of hydrogen-bond donors (Lipinski definition) is 2. The summed E-state index contributed by atoms with van der Waals surface area (Å²) in [5.74, 6) is 0.602. The van der Waals surface area contributed by atoms with Crippen molar-refractivity contribution in [2.75, 3.05) is 26.2 Å². The fraction of sp³-hybridized carbons (Fsp3) is 0.933. The van der Waals surface area contributed by atoms with E-state index in [2.05, 4.69) is 31.0 Å². The highest BCUT2D eigenvalue weighted by molar-refractivity contribution is 5.84. The molecule has 0 unspecified atom stereocenters. The molecule has 110 valence electrons. The molecule has 1 aliphatic heterocycles. The minimum absolute atomic E-state index is 0.109. The van der Waals surface area contributed by atoms with Gasteiger partial charge in [0.15, 0.2) is 0 Å². The SMILES string of the molecule is CC(C)(C)C1CCC(C(N)=O)(N2CCNCC2)CC1. The molecule has 0 atom stereocenters. The molecule has 1 aliphatic carbocycles. The molecule has 4 nitrogen and oxygen atoms in total. The van der Waals surface area contributed by atoms with Gasteiger partial charge in [-0.15, -0.1) is 0 Å². The summed E-state index contributed by atoms with van der Waals surface area (Å²) in [5.41, 5.74) is 5.76. The number of nitrogens with zero attached hydrogens (tertiary/aromatic N) is 1. The molecule has 2 fully saturated rings. The summed E-state index contributed by atoms with van der Waals surface area (Å²) < 4.78 is 0. The van der Waals surface area contributed by atoms with Crippen LogP contribution < -0.4 is 11.1 Å². The molecule has 0 bridgehead atoms. The Morgan fingerprint density at radius 1 is 1.21 bits per heavy atom. The third-order valence-corrected chi connectivity index (χ3v) is 5.22. The zero-order chi connectivity index (χ0) is 14.1. The van der Waals surface area contributed by atoms with Crippen molar-refractivity contribution in [3.63, 3.8) is 0 Å². The molecule has 3 N–H and O–H groups in total. The van der Waals surface area contributed by atoms with Gasteiger partial charge in [0.05, 0.1) is 0 Å². The van der Waals surface area contributed by atoms with Gasteiger partial charge in [-0.2, -0.15) is 0 Å². The number of piperazine rings is 1. The van der Waals surface area contributed by atoms with Crippen LogP contribution in [0.15, 0.2) is 0 Å². The minimum Gasteiger partial charge on any atom is -0.368 e. The molecule has 0 aromatic rings. The molecule has 0 spiro atoms. The second-order valence-electron chi connectivity index (χ2n) is 7.27. The van der Waals surface area contributed by atoms with E-state index in [0.717, 1.165) is 51.9 Å². The molecule has 0 aromatic carbocycles. The molecule has 1 heterocycles. The highest BCUT2D eigenvalue weighted by Crippen LogP contribution is 2.43. The Morgan fingerprint density at radius 3 is 2.16 bits per heavy atom. The lowest BCUT2D eigenvalue weighted by Gasteiger charge is -2.49. The lowest BCUT2D eigenvalue weighted by Crippen LogP contribution is -2.63. The van der Waals surface area contributed by atoms with Gasteiger partial charge in [-0.25, -0.2) is 0 Å². The first-order valence-corrected chi connectivity index (χ1v) is 7.62. The van der Waals surface area contributed by atoms with Gasteiger partial charge in [-0.3, -0.25) is 9.69 Å². The summed E-state index contributed by atoms with van der Waals surface area (Å²) >= 11 is 0. The summed E-state index contributed by atoms with van der Waals surface area (Å²) in [4.78, 5) is 14.4. The van der Waals surface area contributed by atoms with Crippen molar-refractivity contribution in [3.05, 3.63) is 0 Å². The minimum atomic E-state index is -0.371. The second-order valence-corrected chi connectivity index (χ2v) is 7.27. The third-order valence-electron chi connectivity index (χ3n) is 5.22. The Morgan fingerprint density at radius 2 is 1.74 bits per heavy atom. The molecular formula is C15H29N3O. The second kappa shape index (κ2) is 5.41. The Labute approximate surface area is 117 Å². The van der Waals surface area contributed by atoms with Crippen LogP contribution in [0, 0.1) is 11.3 Å². The monoisotopic (exact) mass is 267 g/mol. The normalized spacial score (nSPS) is 34.2. The van der Waals surface area contributed by atoms with Gasteiger partial charge >= 0.3 is 0 Å². The van der Waals surface area contributed by atoms with Crippen LogP contribution in [0.2, 0.25) is 0 Å². The van der Waals surface area contributed by atoms with Crippen LogP contribution in [0.1, 0.15) is 46.5 Å². The lowest BCUT2D eigenvalue weighted by molar-refractivity contribution is -0.134. The molecule has 19 heavy (non-hydrogen) atoms. The Kier molecular flexibility index (Phi) is 4.21. The van der Waals surface area contributed by atoms with Crippen molar-refractivity contribution < 1.29 is 4.79 Å². The van der Waals surface area contributed by atoms with Gasteiger partial charge in [-0.05, 0) is 37.0 Å². The van der Waals surface area contributed by atoms with Crippen molar-refractivity contribution in [3.8, 4) is 0 Å². The molecular weight excluding hydrogens is 238 g/mol. The fourth-order valence-electron chi connectivity index (χ4n) is 3.77. The number of rotatable bonds is 2. The zero-order valence-electron chi connectivity index (χ0n) is 12.7. The number of carbonyl (C=O) groups is 1. The van der Waals surface area contributed by atoms with Crippen LogP contribution in [0.3, 0.4) is 0 Å². The predicted octanol–water partition coefficient (Wildman–Crippen LogP) is 1.35. The maximum atomic E-state index is 12.1. The summed E-state index contributed by atoms with van der Waals surface area (Å²) in [5, 5.41) is 3.35. The lowest BCUT2D eigenvalue weighted by atomic mass is 9.66. The van der Waals surface area contributed by atoms with E-state index in [1.807, 2.05) is 0 Å². The summed E-state index contributed by atoms with van der Waals surface area (Å²) in [6.07, 6.45) is 4.11. The molecule has 1 amide bonds. The number of primary amides is 1. The van der Waals surface area contributed by atoms with E-state index in [9.17, 15) is 4.79 Å². The van der Waals surface area contributed by atoms with Gasteiger partial charge < -0.3 is 11.1 Å². The van der Waals surface area contributed by atoms with Crippen LogP contribution in [0.25, 0.3) is 0 Å². The van der Waals surface area contributed by atoms with E-state index in [0.29, 0.717) is 11.3 Å². The molecule has 1 saturated heterocycles. The van der Waals surface area contributed by atoms with E-state index >= 15 is 0 Å². The average molecular weight is 267 g/mol. The summed E-state index contributed by atoms with van der Waals surface area (Å²) in [6.45, 7) is 10.8. The van der Waals surface area contributed by atoms with Crippen molar-refractivity contribution in [1.29, 1.82) is 0 Å². The summed E-state index contributed by atoms with van der Waals surface area (Å²) in [7, 11) is 0. The van der Waals surface area contributed by atoms with E-state index in [4.69, 9.17) is 5.73 Å². The number of nitrogens with two attached hydrogens (primary N) is 1. The van der Waals surface area contributed by atoms with Crippen molar-refractivity contribution in [2.45, 2.75) is 52.0 Å². The largest absolute Gasteiger partial charge is 0.368 e. The van der Waals surface area contributed by atoms with Gasteiger partial charge in [0.25, 0.3) is 0 Å². The standard InChI is InChI=1S/C15H29N3O/c1-14(2,3)12-4-6-15(7-5-12,13(16)19)18-10-8-17-9-11-18/h12,17H,4-11H2,1-3H3,(H2,16,19). The molecule has 4 heteroatoms. The first kappa shape index (κ1) is 14.8. The highest BCUT2D eigenvalue weighted by Gasteiger charge is 2.46. The number of nitrogens with one attached hydrogen (secondary N) is 1. The van der Waals surface area contributed by atoms with E-state index in [1.54, 1.807) is 0 Å². The quantitative estimate of drug-likeness (QED) is 0.794. The number of hydrogen-bond acceptors (Lipinski definition) is 3. The van der Waals surface area contributed by atoms with Crippen LogP contribution in [-0.4, -0.2) is 42.5 Å². The van der Waals surface area contributed by atoms with E-state index in [-0.39, 0.29) is 11.4 Å². The smallest absolute Gasteiger partial charge is 0.237 e. The Bertz CT molecular complexity index is 321. The molecule has 2 aliphatic rings. The van der Waals surface area contributed by atoms with Gasteiger partial charge in [0, 0.05) is 26.2 Å². The zero-order valence-corrected chi connectivity index (χ0v) is 12.7. The summed E-state index contributed by atoms with van der Waals surface area (Å²) in [6, 6.07) is 0. The van der Waals surface area contributed by atoms with Crippen LogP contribution >= 0.6 is 0 Å². The average Bonchev–Trinajstić information content (AvgIpc) is 2.38. The topological polar surface area (TPSA) is 58.4 Å². The van der Waals surface area contributed by atoms with Crippen LogP contribution in [0.5, 0.6) is 0 Å².